The second-order valence-corrected chi connectivity index (χ2v) is 5.93. The summed E-state index contributed by atoms with van der Waals surface area (Å²) in [5.74, 6) is 0.404. The maximum Gasteiger partial charge on any atom is -0.00697 e. The SMILES string of the molecule is C=C/C=C(\C=C/C)C(/C(C=C)=C/C=C\C)=C(\C)C1=CC(C)C=CC=C1. The van der Waals surface area contributed by atoms with Crippen molar-refractivity contribution in [3.8, 4) is 0 Å². The van der Waals surface area contributed by atoms with Gasteiger partial charge < -0.3 is 0 Å². The van der Waals surface area contributed by atoms with Crippen molar-refractivity contribution >= 4 is 0 Å². The maximum absolute atomic E-state index is 4.04. The highest BCUT2D eigenvalue weighted by molar-refractivity contribution is 5.63. The Bertz CT molecular complexity index is 722. The summed E-state index contributed by atoms with van der Waals surface area (Å²) in [4.78, 5) is 0. The molecule has 0 heteroatoms. The third-order valence-electron chi connectivity index (χ3n) is 3.96. The molecule has 0 aromatic carbocycles. The highest BCUT2D eigenvalue weighted by Crippen LogP contribution is 2.31. The number of rotatable bonds is 7. The molecule has 1 aliphatic rings. The van der Waals surface area contributed by atoms with Gasteiger partial charge in [0.2, 0.25) is 0 Å². The van der Waals surface area contributed by atoms with Gasteiger partial charge in [-0.05, 0) is 54.6 Å². The van der Waals surface area contributed by atoms with E-state index in [0.29, 0.717) is 5.92 Å². The van der Waals surface area contributed by atoms with Crippen LogP contribution in [0.1, 0.15) is 27.7 Å². The number of allylic oxidation sites excluding steroid dienone is 18. The van der Waals surface area contributed by atoms with Gasteiger partial charge in [-0.15, -0.1) is 0 Å². The molecule has 0 heterocycles. The van der Waals surface area contributed by atoms with Crippen LogP contribution in [0.4, 0.5) is 0 Å². The lowest BCUT2D eigenvalue weighted by molar-refractivity contribution is 0.934. The van der Waals surface area contributed by atoms with Gasteiger partial charge in [-0.25, -0.2) is 0 Å². The number of hydrogen-bond acceptors (Lipinski definition) is 0. The van der Waals surface area contributed by atoms with Crippen LogP contribution in [0.15, 0.2) is 120 Å². The van der Waals surface area contributed by atoms with E-state index in [0.717, 1.165) is 11.1 Å². The van der Waals surface area contributed by atoms with Gasteiger partial charge in [0.25, 0.3) is 0 Å². The Morgan fingerprint density at radius 2 is 1.80 bits per heavy atom. The Morgan fingerprint density at radius 1 is 1.04 bits per heavy atom. The fraction of sp³-hybridized carbons (Fsp3) is 0.200. The van der Waals surface area contributed by atoms with Gasteiger partial charge in [0, 0.05) is 0 Å². The minimum atomic E-state index is 0.404. The predicted molar refractivity (Wildman–Crippen MR) is 114 cm³/mol. The van der Waals surface area contributed by atoms with Crippen molar-refractivity contribution in [2.45, 2.75) is 27.7 Å². The third-order valence-corrected chi connectivity index (χ3v) is 3.96. The molecule has 1 aliphatic carbocycles. The molecule has 1 rings (SSSR count). The normalized spacial score (nSPS) is 19.8. The Labute approximate surface area is 154 Å². The Hall–Kier alpha value is -2.60. The van der Waals surface area contributed by atoms with Crippen molar-refractivity contribution in [1.82, 2.24) is 0 Å². The van der Waals surface area contributed by atoms with Gasteiger partial charge in [0.15, 0.2) is 0 Å². The van der Waals surface area contributed by atoms with Gasteiger partial charge >= 0.3 is 0 Å². The lowest BCUT2D eigenvalue weighted by atomic mass is 9.88. The standard InChI is InChI=1S/C25H30/c1-7-11-17-22(10-4)25(23(14-8-2)15-9-3)21(6)24-18-13-12-16-20(5)19-24/h7-20H,2,4H2,1,3,5-6H3/b11-7-,15-9-,22-17+,23-14+,25-21+. The summed E-state index contributed by atoms with van der Waals surface area (Å²) in [5.41, 5.74) is 5.87. The molecule has 0 saturated carbocycles. The van der Waals surface area contributed by atoms with Crippen molar-refractivity contribution in [3.63, 3.8) is 0 Å². The van der Waals surface area contributed by atoms with Crippen LogP contribution in [-0.2, 0) is 0 Å². The molecule has 0 nitrogen and oxygen atoms in total. The summed E-state index contributed by atoms with van der Waals surface area (Å²) < 4.78 is 0. The van der Waals surface area contributed by atoms with E-state index in [2.05, 4.69) is 81.7 Å². The molecule has 0 saturated heterocycles. The molecule has 0 N–H and O–H groups in total. The van der Waals surface area contributed by atoms with Crippen LogP contribution < -0.4 is 0 Å². The Morgan fingerprint density at radius 3 is 2.40 bits per heavy atom. The van der Waals surface area contributed by atoms with Gasteiger partial charge in [-0.2, -0.15) is 0 Å². The monoisotopic (exact) mass is 330 g/mol. The highest BCUT2D eigenvalue weighted by Gasteiger charge is 2.13. The van der Waals surface area contributed by atoms with Crippen LogP contribution >= 0.6 is 0 Å². The molecule has 130 valence electrons. The fourth-order valence-corrected chi connectivity index (χ4v) is 2.77. The summed E-state index contributed by atoms with van der Waals surface area (Å²) in [6.07, 6.45) is 27.0. The second kappa shape index (κ2) is 11.0. The topological polar surface area (TPSA) is 0 Å². The molecule has 0 amide bonds. The molecule has 0 aromatic rings. The molecule has 0 bridgehead atoms. The van der Waals surface area contributed by atoms with E-state index in [4.69, 9.17) is 0 Å². The Balaban J connectivity index is 3.71. The lowest BCUT2D eigenvalue weighted by Gasteiger charge is -2.16. The molecule has 0 spiro atoms. The molecule has 0 aromatic heterocycles. The minimum absolute atomic E-state index is 0.404. The molecule has 25 heavy (non-hydrogen) atoms. The molecule has 1 unspecified atom stereocenters. The lowest BCUT2D eigenvalue weighted by Crippen LogP contribution is -1.98. The summed E-state index contributed by atoms with van der Waals surface area (Å²) in [6.45, 7) is 16.3. The molecule has 0 radical (unpaired) electrons. The first-order valence-corrected chi connectivity index (χ1v) is 8.78. The maximum atomic E-state index is 4.04. The predicted octanol–water partition coefficient (Wildman–Crippen LogP) is 7.37. The first-order chi connectivity index (χ1) is 12.1. The first-order valence-electron chi connectivity index (χ1n) is 8.78. The van der Waals surface area contributed by atoms with E-state index >= 15 is 0 Å². The van der Waals surface area contributed by atoms with E-state index in [9.17, 15) is 0 Å². The zero-order chi connectivity index (χ0) is 18.7. The van der Waals surface area contributed by atoms with Gasteiger partial charge in [0.1, 0.15) is 0 Å². The van der Waals surface area contributed by atoms with Crippen LogP contribution in [0.2, 0.25) is 0 Å². The van der Waals surface area contributed by atoms with Crippen LogP contribution in [0.5, 0.6) is 0 Å². The van der Waals surface area contributed by atoms with Crippen LogP contribution in [0.25, 0.3) is 0 Å². The largest absolute Gasteiger partial charge is 0.0990 e. The average molecular weight is 331 g/mol. The second-order valence-electron chi connectivity index (χ2n) is 5.93. The zero-order valence-electron chi connectivity index (χ0n) is 16.0. The van der Waals surface area contributed by atoms with Crippen molar-refractivity contribution in [2.24, 2.45) is 5.92 Å². The minimum Gasteiger partial charge on any atom is -0.0990 e. The summed E-state index contributed by atoms with van der Waals surface area (Å²) in [7, 11) is 0. The van der Waals surface area contributed by atoms with Crippen molar-refractivity contribution in [3.05, 3.63) is 120 Å². The molecule has 0 aliphatic heterocycles. The van der Waals surface area contributed by atoms with Crippen molar-refractivity contribution in [2.75, 3.05) is 0 Å². The summed E-state index contributed by atoms with van der Waals surface area (Å²) in [6, 6.07) is 0. The first kappa shape index (κ1) is 20.4. The Kier molecular flexibility index (Phi) is 9.03. The van der Waals surface area contributed by atoms with Gasteiger partial charge in [-0.3, -0.25) is 0 Å². The van der Waals surface area contributed by atoms with E-state index < -0.39 is 0 Å². The molecular formula is C25H30. The van der Waals surface area contributed by atoms with Crippen molar-refractivity contribution < 1.29 is 0 Å². The third kappa shape index (κ3) is 6.08. The fourth-order valence-electron chi connectivity index (χ4n) is 2.77. The van der Waals surface area contributed by atoms with Gasteiger partial charge in [0.05, 0.1) is 0 Å². The van der Waals surface area contributed by atoms with E-state index in [1.165, 1.54) is 16.7 Å². The average Bonchev–Trinajstić information content (AvgIpc) is 2.82. The quantitative estimate of drug-likeness (QED) is 0.427. The summed E-state index contributed by atoms with van der Waals surface area (Å²) >= 11 is 0. The molecule has 0 fully saturated rings. The van der Waals surface area contributed by atoms with Gasteiger partial charge in [-0.1, -0.05) is 99.1 Å². The number of hydrogen-bond donors (Lipinski definition) is 0. The van der Waals surface area contributed by atoms with Crippen LogP contribution in [0, 0.1) is 5.92 Å². The molecule has 1 atom stereocenters. The highest BCUT2D eigenvalue weighted by atomic mass is 14.2. The van der Waals surface area contributed by atoms with Crippen LogP contribution in [-0.4, -0.2) is 0 Å². The van der Waals surface area contributed by atoms with E-state index in [1.54, 1.807) is 0 Å². The summed E-state index contributed by atoms with van der Waals surface area (Å²) in [5, 5.41) is 0. The zero-order valence-corrected chi connectivity index (χ0v) is 16.0. The smallest absolute Gasteiger partial charge is 0.00697 e. The van der Waals surface area contributed by atoms with Crippen LogP contribution in [0.3, 0.4) is 0 Å². The molecular weight excluding hydrogens is 300 g/mol. The van der Waals surface area contributed by atoms with Crippen molar-refractivity contribution in [1.29, 1.82) is 0 Å². The van der Waals surface area contributed by atoms with E-state index in [1.807, 2.05) is 38.2 Å². The van der Waals surface area contributed by atoms with E-state index in [-0.39, 0.29) is 0 Å².